The first-order valence-corrected chi connectivity index (χ1v) is 7.18. The van der Waals surface area contributed by atoms with Crippen LogP contribution in [-0.2, 0) is 6.42 Å². The SMILES string of the molecule is CC.CCc1ccc(OCCS)cc1C(C)C. The Kier molecular flexibility index (Phi) is 9.06. The Balaban J connectivity index is 0.00000121. The standard InChI is InChI=1S/C13H20OS.C2H6/c1-4-11-5-6-12(14-7-8-15)9-13(11)10(2)3;1-2/h5-6,9-10,15H,4,7-8H2,1-3H3;1-2H3. The number of thiol groups is 1. The second kappa shape index (κ2) is 9.41. The van der Waals surface area contributed by atoms with Gasteiger partial charge in [0, 0.05) is 5.75 Å². The van der Waals surface area contributed by atoms with E-state index in [2.05, 4.69) is 45.5 Å². The molecule has 0 aliphatic carbocycles. The predicted octanol–water partition coefficient (Wildman–Crippen LogP) is 4.71. The monoisotopic (exact) mass is 254 g/mol. The van der Waals surface area contributed by atoms with Gasteiger partial charge in [-0.05, 0) is 35.6 Å². The van der Waals surface area contributed by atoms with Crippen LogP contribution in [0.5, 0.6) is 5.75 Å². The first-order chi connectivity index (χ1) is 8.19. The van der Waals surface area contributed by atoms with Gasteiger partial charge >= 0.3 is 0 Å². The highest BCUT2D eigenvalue weighted by atomic mass is 32.1. The third-order valence-electron chi connectivity index (χ3n) is 2.48. The van der Waals surface area contributed by atoms with Crippen molar-refractivity contribution in [3.63, 3.8) is 0 Å². The maximum Gasteiger partial charge on any atom is 0.119 e. The van der Waals surface area contributed by atoms with Crippen LogP contribution in [0.1, 0.15) is 51.7 Å². The smallest absolute Gasteiger partial charge is 0.119 e. The molecule has 0 radical (unpaired) electrons. The Bertz CT molecular complexity index is 308. The highest BCUT2D eigenvalue weighted by molar-refractivity contribution is 7.80. The van der Waals surface area contributed by atoms with E-state index in [0.29, 0.717) is 12.5 Å². The van der Waals surface area contributed by atoms with Crippen LogP contribution in [0.3, 0.4) is 0 Å². The molecule has 1 aromatic carbocycles. The van der Waals surface area contributed by atoms with Crippen molar-refractivity contribution in [2.24, 2.45) is 0 Å². The fourth-order valence-electron chi connectivity index (χ4n) is 1.69. The first kappa shape index (κ1) is 16.4. The van der Waals surface area contributed by atoms with Crippen molar-refractivity contribution < 1.29 is 4.74 Å². The Hall–Kier alpha value is -0.630. The molecule has 0 heterocycles. The van der Waals surface area contributed by atoms with Gasteiger partial charge in [0.1, 0.15) is 5.75 Å². The molecule has 1 rings (SSSR count). The Morgan fingerprint density at radius 3 is 2.35 bits per heavy atom. The van der Waals surface area contributed by atoms with Crippen LogP contribution < -0.4 is 4.74 Å². The van der Waals surface area contributed by atoms with Crippen molar-refractivity contribution >= 4 is 12.6 Å². The summed E-state index contributed by atoms with van der Waals surface area (Å²) < 4.78 is 5.57. The van der Waals surface area contributed by atoms with E-state index < -0.39 is 0 Å². The summed E-state index contributed by atoms with van der Waals surface area (Å²) in [6, 6.07) is 6.38. The topological polar surface area (TPSA) is 9.23 Å². The molecular weight excluding hydrogens is 228 g/mol. The first-order valence-electron chi connectivity index (χ1n) is 6.55. The number of rotatable bonds is 5. The molecule has 1 aromatic rings. The molecule has 0 N–H and O–H groups in total. The van der Waals surface area contributed by atoms with Crippen molar-refractivity contribution in [1.29, 1.82) is 0 Å². The van der Waals surface area contributed by atoms with Gasteiger partial charge in [-0.15, -0.1) is 0 Å². The van der Waals surface area contributed by atoms with E-state index in [4.69, 9.17) is 4.74 Å². The summed E-state index contributed by atoms with van der Waals surface area (Å²) in [6.45, 7) is 11.3. The van der Waals surface area contributed by atoms with E-state index in [-0.39, 0.29) is 0 Å². The van der Waals surface area contributed by atoms with E-state index in [0.717, 1.165) is 17.9 Å². The molecule has 0 atom stereocenters. The van der Waals surface area contributed by atoms with Gasteiger partial charge in [-0.25, -0.2) is 0 Å². The van der Waals surface area contributed by atoms with E-state index in [1.807, 2.05) is 19.9 Å². The summed E-state index contributed by atoms with van der Waals surface area (Å²) >= 11 is 4.13. The predicted molar refractivity (Wildman–Crippen MR) is 80.6 cm³/mol. The lowest BCUT2D eigenvalue weighted by atomic mass is 9.95. The molecule has 0 aliphatic heterocycles. The molecule has 0 saturated carbocycles. The van der Waals surface area contributed by atoms with Gasteiger partial charge in [0.15, 0.2) is 0 Å². The van der Waals surface area contributed by atoms with Crippen molar-refractivity contribution in [2.75, 3.05) is 12.4 Å². The average Bonchev–Trinajstić information content (AvgIpc) is 2.38. The molecule has 0 spiro atoms. The molecule has 17 heavy (non-hydrogen) atoms. The van der Waals surface area contributed by atoms with Gasteiger partial charge < -0.3 is 4.74 Å². The number of benzene rings is 1. The molecular formula is C15H26OS. The third kappa shape index (κ3) is 5.49. The highest BCUT2D eigenvalue weighted by Gasteiger charge is 2.06. The molecule has 0 bridgehead atoms. The summed E-state index contributed by atoms with van der Waals surface area (Å²) in [5, 5.41) is 0. The number of hydrogen-bond acceptors (Lipinski definition) is 2. The normalized spacial score (nSPS) is 9.82. The van der Waals surface area contributed by atoms with E-state index in [9.17, 15) is 0 Å². The lowest BCUT2D eigenvalue weighted by Crippen LogP contribution is -2.01. The van der Waals surface area contributed by atoms with Crippen LogP contribution in [0.4, 0.5) is 0 Å². The van der Waals surface area contributed by atoms with Crippen molar-refractivity contribution in [3.05, 3.63) is 29.3 Å². The van der Waals surface area contributed by atoms with Gasteiger partial charge in [-0.1, -0.05) is 40.7 Å². The van der Waals surface area contributed by atoms with E-state index in [1.165, 1.54) is 11.1 Å². The summed E-state index contributed by atoms with van der Waals surface area (Å²) in [5.41, 5.74) is 2.82. The second-order valence-electron chi connectivity index (χ2n) is 3.94. The molecule has 0 aliphatic rings. The van der Waals surface area contributed by atoms with Gasteiger partial charge in [0.05, 0.1) is 6.61 Å². The number of hydrogen-bond donors (Lipinski definition) is 1. The Morgan fingerprint density at radius 2 is 1.88 bits per heavy atom. The fraction of sp³-hybridized carbons (Fsp3) is 0.600. The van der Waals surface area contributed by atoms with Gasteiger partial charge in [0.25, 0.3) is 0 Å². The number of aryl methyl sites for hydroxylation is 1. The molecule has 0 unspecified atom stereocenters. The minimum Gasteiger partial charge on any atom is -0.493 e. The maximum atomic E-state index is 5.57. The lowest BCUT2D eigenvalue weighted by Gasteiger charge is -2.14. The highest BCUT2D eigenvalue weighted by Crippen LogP contribution is 2.25. The maximum absolute atomic E-state index is 5.57. The summed E-state index contributed by atoms with van der Waals surface area (Å²) in [5.74, 6) is 2.27. The minimum atomic E-state index is 0.555. The number of ether oxygens (including phenoxy) is 1. The Morgan fingerprint density at radius 1 is 1.24 bits per heavy atom. The van der Waals surface area contributed by atoms with Crippen LogP contribution in [0.25, 0.3) is 0 Å². The molecule has 0 fully saturated rings. The Labute approximate surface area is 112 Å². The van der Waals surface area contributed by atoms with Crippen molar-refractivity contribution in [3.8, 4) is 5.75 Å². The van der Waals surface area contributed by atoms with E-state index >= 15 is 0 Å². The van der Waals surface area contributed by atoms with Crippen molar-refractivity contribution in [2.45, 2.75) is 47.0 Å². The van der Waals surface area contributed by atoms with E-state index in [1.54, 1.807) is 0 Å². The average molecular weight is 254 g/mol. The molecule has 2 heteroatoms. The molecule has 0 saturated heterocycles. The molecule has 98 valence electrons. The van der Waals surface area contributed by atoms with Gasteiger partial charge in [-0.2, -0.15) is 12.6 Å². The van der Waals surface area contributed by atoms with Crippen LogP contribution in [-0.4, -0.2) is 12.4 Å². The quantitative estimate of drug-likeness (QED) is 0.749. The van der Waals surface area contributed by atoms with Crippen LogP contribution in [0.15, 0.2) is 18.2 Å². The lowest BCUT2D eigenvalue weighted by molar-refractivity contribution is 0.343. The van der Waals surface area contributed by atoms with Crippen LogP contribution in [0, 0.1) is 0 Å². The summed E-state index contributed by atoms with van der Waals surface area (Å²) in [4.78, 5) is 0. The zero-order valence-electron chi connectivity index (χ0n) is 11.8. The third-order valence-corrected chi connectivity index (χ3v) is 2.66. The molecule has 0 aromatic heterocycles. The van der Waals surface area contributed by atoms with Gasteiger partial charge in [0.2, 0.25) is 0 Å². The molecule has 1 nitrogen and oxygen atoms in total. The van der Waals surface area contributed by atoms with Crippen molar-refractivity contribution in [1.82, 2.24) is 0 Å². The zero-order valence-corrected chi connectivity index (χ0v) is 12.7. The summed E-state index contributed by atoms with van der Waals surface area (Å²) in [6.07, 6.45) is 1.08. The minimum absolute atomic E-state index is 0.555. The zero-order chi connectivity index (χ0) is 13.3. The second-order valence-corrected chi connectivity index (χ2v) is 4.39. The fourth-order valence-corrected chi connectivity index (χ4v) is 1.78. The largest absolute Gasteiger partial charge is 0.493 e. The molecule has 0 amide bonds. The van der Waals surface area contributed by atoms with Gasteiger partial charge in [-0.3, -0.25) is 0 Å². The van der Waals surface area contributed by atoms with Crippen LogP contribution in [0.2, 0.25) is 0 Å². The van der Waals surface area contributed by atoms with Crippen LogP contribution >= 0.6 is 12.6 Å². The summed E-state index contributed by atoms with van der Waals surface area (Å²) in [7, 11) is 0.